The number of hydrogen-bond donors (Lipinski definition) is 1. The van der Waals surface area contributed by atoms with Crippen molar-refractivity contribution >= 4 is 16.3 Å². The fraction of sp³-hybridized carbons (Fsp3) is 0.692. The maximum Gasteiger partial charge on any atom is 0.324 e. The highest BCUT2D eigenvalue weighted by Crippen LogP contribution is 2.35. The van der Waals surface area contributed by atoms with E-state index in [0.29, 0.717) is 11.5 Å². The van der Waals surface area contributed by atoms with Crippen LogP contribution in [0.5, 0.6) is 0 Å². The lowest BCUT2D eigenvalue weighted by Gasteiger charge is -2.39. The predicted octanol–water partition coefficient (Wildman–Crippen LogP) is 3.71. The van der Waals surface area contributed by atoms with Gasteiger partial charge < -0.3 is 5.32 Å². The van der Waals surface area contributed by atoms with Gasteiger partial charge in [-0.3, -0.25) is 10.1 Å². The van der Waals surface area contributed by atoms with Crippen molar-refractivity contribution in [1.82, 2.24) is 5.32 Å². The van der Waals surface area contributed by atoms with Crippen molar-refractivity contribution in [3.8, 4) is 0 Å². The maximum absolute atomic E-state index is 10.6. The van der Waals surface area contributed by atoms with Gasteiger partial charge in [-0.25, -0.2) is 0 Å². The SMILES string of the molecule is CC1(C)CCCCC1NCc1csc([N+](=O)[O-])c1. The predicted molar refractivity (Wildman–Crippen MR) is 73.9 cm³/mol. The highest BCUT2D eigenvalue weighted by Gasteiger charge is 2.31. The lowest BCUT2D eigenvalue weighted by atomic mass is 9.73. The van der Waals surface area contributed by atoms with Crippen LogP contribution in [0.4, 0.5) is 5.00 Å². The van der Waals surface area contributed by atoms with Gasteiger partial charge in [-0.2, -0.15) is 0 Å². The molecule has 0 aliphatic heterocycles. The van der Waals surface area contributed by atoms with E-state index < -0.39 is 0 Å². The molecule has 1 N–H and O–H groups in total. The molecule has 100 valence electrons. The van der Waals surface area contributed by atoms with Crippen LogP contribution in [0.1, 0.15) is 45.1 Å². The molecule has 18 heavy (non-hydrogen) atoms. The fourth-order valence-electron chi connectivity index (χ4n) is 2.66. The Morgan fingerprint density at radius 3 is 2.94 bits per heavy atom. The number of nitrogens with one attached hydrogen (secondary N) is 1. The average Bonchev–Trinajstić information content (AvgIpc) is 2.76. The molecular formula is C13H20N2O2S. The van der Waals surface area contributed by atoms with Crippen molar-refractivity contribution < 1.29 is 4.92 Å². The first-order valence-electron chi connectivity index (χ1n) is 6.44. The number of rotatable bonds is 4. The minimum absolute atomic E-state index is 0.231. The van der Waals surface area contributed by atoms with E-state index in [9.17, 15) is 10.1 Å². The molecule has 5 heteroatoms. The largest absolute Gasteiger partial charge is 0.324 e. The summed E-state index contributed by atoms with van der Waals surface area (Å²) in [4.78, 5) is 10.3. The summed E-state index contributed by atoms with van der Waals surface area (Å²) in [7, 11) is 0. The van der Waals surface area contributed by atoms with E-state index in [1.54, 1.807) is 6.07 Å². The van der Waals surface area contributed by atoms with Crippen molar-refractivity contribution in [3.63, 3.8) is 0 Å². The van der Waals surface area contributed by atoms with Gasteiger partial charge in [0.2, 0.25) is 0 Å². The Labute approximate surface area is 112 Å². The molecule has 0 amide bonds. The Morgan fingerprint density at radius 1 is 1.56 bits per heavy atom. The van der Waals surface area contributed by atoms with Gasteiger partial charge in [-0.15, -0.1) is 0 Å². The van der Waals surface area contributed by atoms with Crippen molar-refractivity contribution in [2.24, 2.45) is 5.41 Å². The molecular weight excluding hydrogens is 248 g/mol. The average molecular weight is 268 g/mol. The maximum atomic E-state index is 10.6. The molecule has 1 saturated carbocycles. The van der Waals surface area contributed by atoms with Crippen LogP contribution >= 0.6 is 11.3 Å². The second kappa shape index (κ2) is 5.36. The van der Waals surface area contributed by atoms with Crippen molar-refractivity contribution in [3.05, 3.63) is 27.1 Å². The molecule has 0 radical (unpaired) electrons. The van der Waals surface area contributed by atoms with Gasteiger partial charge in [-0.1, -0.05) is 38.0 Å². The zero-order chi connectivity index (χ0) is 13.2. The van der Waals surface area contributed by atoms with E-state index in [0.717, 1.165) is 12.1 Å². The molecule has 0 saturated heterocycles. The summed E-state index contributed by atoms with van der Waals surface area (Å²) in [6.07, 6.45) is 5.06. The third-order valence-corrected chi connectivity index (χ3v) is 4.81. The number of thiophene rings is 1. The van der Waals surface area contributed by atoms with Gasteiger partial charge in [-0.05, 0) is 23.8 Å². The summed E-state index contributed by atoms with van der Waals surface area (Å²) < 4.78 is 0. The molecule has 1 fully saturated rings. The number of nitro groups is 1. The highest BCUT2D eigenvalue weighted by molar-refractivity contribution is 7.13. The first kappa shape index (κ1) is 13.5. The normalized spacial score (nSPS) is 22.9. The zero-order valence-corrected chi connectivity index (χ0v) is 11.8. The molecule has 1 aliphatic rings. The zero-order valence-electron chi connectivity index (χ0n) is 10.9. The molecule has 0 bridgehead atoms. The van der Waals surface area contributed by atoms with Crippen molar-refractivity contribution in [2.75, 3.05) is 0 Å². The second-order valence-corrected chi connectivity index (χ2v) is 6.61. The van der Waals surface area contributed by atoms with E-state index in [2.05, 4.69) is 19.2 Å². The van der Waals surface area contributed by atoms with E-state index in [-0.39, 0.29) is 9.92 Å². The van der Waals surface area contributed by atoms with Crippen molar-refractivity contribution in [2.45, 2.75) is 52.1 Å². The summed E-state index contributed by atoms with van der Waals surface area (Å²) in [5.41, 5.74) is 1.35. The van der Waals surface area contributed by atoms with Crippen molar-refractivity contribution in [1.29, 1.82) is 0 Å². The van der Waals surface area contributed by atoms with Crippen LogP contribution in [0.15, 0.2) is 11.4 Å². The molecule has 4 nitrogen and oxygen atoms in total. The Hall–Kier alpha value is -0.940. The van der Waals surface area contributed by atoms with Crippen LogP contribution < -0.4 is 5.32 Å². The Morgan fingerprint density at radius 2 is 2.33 bits per heavy atom. The van der Waals surface area contributed by atoms with Gasteiger partial charge >= 0.3 is 5.00 Å². The molecule has 1 aromatic rings. The number of hydrogen-bond acceptors (Lipinski definition) is 4. The van der Waals surface area contributed by atoms with Gasteiger partial charge in [0.05, 0.1) is 4.92 Å². The summed E-state index contributed by atoms with van der Waals surface area (Å²) in [5, 5.41) is 16.3. The van der Waals surface area contributed by atoms with E-state index in [1.807, 2.05) is 5.38 Å². The first-order valence-corrected chi connectivity index (χ1v) is 7.32. The molecule has 1 atom stereocenters. The van der Waals surface area contributed by atoms with Gasteiger partial charge in [0, 0.05) is 24.0 Å². The molecule has 1 unspecified atom stereocenters. The third-order valence-electron chi connectivity index (χ3n) is 3.88. The Balaban J connectivity index is 1.92. The molecule has 1 aromatic heterocycles. The molecule has 1 heterocycles. The smallest absolute Gasteiger partial charge is 0.309 e. The summed E-state index contributed by atoms with van der Waals surface area (Å²) in [6, 6.07) is 2.19. The van der Waals surface area contributed by atoms with E-state index in [4.69, 9.17) is 0 Å². The first-order chi connectivity index (χ1) is 8.49. The summed E-state index contributed by atoms with van der Waals surface area (Å²) in [6.45, 7) is 5.35. The molecule has 1 aliphatic carbocycles. The summed E-state index contributed by atoms with van der Waals surface area (Å²) in [5.74, 6) is 0. The van der Waals surface area contributed by atoms with E-state index in [1.165, 1.54) is 37.0 Å². The van der Waals surface area contributed by atoms with Crippen LogP contribution in [0.2, 0.25) is 0 Å². The van der Waals surface area contributed by atoms with Crippen LogP contribution in [0, 0.1) is 15.5 Å². The Bertz CT molecular complexity index is 428. The Kier molecular flexibility index (Phi) is 4.02. The minimum Gasteiger partial charge on any atom is -0.309 e. The standard InChI is InChI=1S/C13H20N2O2S/c1-13(2)6-4-3-5-11(13)14-8-10-7-12(15(16)17)18-9-10/h7,9,11,14H,3-6,8H2,1-2H3. The number of nitrogens with zero attached hydrogens (tertiary/aromatic N) is 1. The third kappa shape index (κ3) is 3.09. The molecule has 0 spiro atoms. The van der Waals surface area contributed by atoms with Gasteiger partial charge in [0.1, 0.15) is 0 Å². The van der Waals surface area contributed by atoms with Gasteiger partial charge in [0.25, 0.3) is 0 Å². The fourth-order valence-corrected chi connectivity index (χ4v) is 3.39. The van der Waals surface area contributed by atoms with Crippen LogP contribution in [0.25, 0.3) is 0 Å². The van der Waals surface area contributed by atoms with E-state index >= 15 is 0 Å². The summed E-state index contributed by atoms with van der Waals surface area (Å²) >= 11 is 1.21. The van der Waals surface area contributed by atoms with Gasteiger partial charge in [0.15, 0.2) is 0 Å². The quantitative estimate of drug-likeness (QED) is 0.669. The lowest BCUT2D eigenvalue weighted by molar-refractivity contribution is -0.380. The minimum atomic E-state index is -0.321. The monoisotopic (exact) mass is 268 g/mol. The molecule has 0 aromatic carbocycles. The van der Waals surface area contributed by atoms with Crippen LogP contribution in [0.3, 0.4) is 0 Å². The van der Waals surface area contributed by atoms with Crippen LogP contribution in [-0.4, -0.2) is 11.0 Å². The lowest BCUT2D eigenvalue weighted by Crippen LogP contribution is -2.43. The second-order valence-electron chi connectivity index (χ2n) is 5.72. The van der Waals surface area contributed by atoms with Crippen LogP contribution in [-0.2, 0) is 6.54 Å². The topological polar surface area (TPSA) is 55.2 Å². The highest BCUT2D eigenvalue weighted by atomic mass is 32.1. The molecule has 2 rings (SSSR count).